The Labute approximate surface area is 222 Å². The van der Waals surface area contributed by atoms with Gasteiger partial charge >= 0.3 is 0 Å². The molecule has 0 saturated heterocycles. The number of benzene rings is 2. The summed E-state index contributed by atoms with van der Waals surface area (Å²) < 4.78 is 31.9. The number of carbonyl (C=O) groups excluding carboxylic acids is 2. The van der Waals surface area contributed by atoms with E-state index in [0.717, 1.165) is 16.7 Å². The van der Waals surface area contributed by atoms with Crippen LogP contribution in [-0.4, -0.2) is 56.6 Å². The number of ether oxygens (including phenoxy) is 1. The molecule has 0 saturated carbocycles. The second-order valence-electron chi connectivity index (χ2n) is 10.5. The molecule has 0 aliphatic heterocycles. The summed E-state index contributed by atoms with van der Waals surface area (Å²) in [7, 11) is -1.98. The molecule has 0 bridgehead atoms. The number of hydrogen-bond donors (Lipinski definition) is 1. The zero-order valence-electron chi connectivity index (χ0n) is 23.3. The topological polar surface area (TPSA) is 96.0 Å². The van der Waals surface area contributed by atoms with Crippen molar-refractivity contribution in [3.05, 3.63) is 59.2 Å². The van der Waals surface area contributed by atoms with Crippen LogP contribution in [0.4, 0.5) is 5.69 Å². The van der Waals surface area contributed by atoms with Gasteiger partial charge in [0.25, 0.3) is 0 Å². The van der Waals surface area contributed by atoms with Crippen molar-refractivity contribution in [1.29, 1.82) is 0 Å². The molecule has 8 nitrogen and oxygen atoms in total. The summed E-state index contributed by atoms with van der Waals surface area (Å²) in [4.78, 5) is 28.0. The molecule has 0 radical (unpaired) electrons. The van der Waals surface area contributed by atoms with Crippen LogP contribution >= 0.6 is 0 Å². The molecular formula is C28H41N3O5S. The number of carbonyl (C=O) groups is 2. The lowest BCUT2D eigenvalue weighted by molar-refractivity contribution is -0.141. The van der Waals surface area contributed by atoms with Crippen molar-refractivity contribution in [3.8, 4) is 5.75 Å². The molecule has 0 spiro atoms. The average Bonchev–Trinajstić information content (AvgIpc) is 2.79. The molecule has 1 atom stereocenters. The SMILES string of the molecule is COc1cccc(CN(C(=O)CCCN(c2cc(C)ccc2C)S(C)(=O)=O)C(C)C(=O)NC(C)(C)C)c1. The standard InChI is InChI=1S/C28H41N3O5S/c1-20-14-15-21(2)25(17-20)31(37(8,34)35)16-10-13-26(32)30(22(3)27(33)29-28(4,5)6)19-23-11-9-12-24(18-23)36-7/h9,11-12,14-15,17-18,22H,10,13,16,19H2,1-8H3,(H,29,33). The van der Waals surface area contributed by atoms with Crippen LogP contribution in [0.3, 0.4) is 0 Å². The zero-order valence-corrected chi connectivity index (χ0v) is 24.1. The number of anilines is 1. The maximum atomic E-state index is 13.4. The molecule has 0 heterocycles. The summed E-state index contributed by atoms with van der Waals surface area (Å²) in [5, 5.41) is 2.94. The summed E-state index contributed by atoms with van der Waals surface area (Å²) in [5.74, 6) is 0.180. The van der Waals surface area contributed by atoms with Crippen molar-refractivity contribution in [2.24, 2.45) is 0 Å². The fraction of sp³-hybridized carbons (Fsp3) is 0.500. The minimum atomic E-state index is -3.55. The van der Waals surface area contributed by atoms with Crippen LogP contribution in [0.15, 0.2) is 42.5 Å². The van der Waals surface area contributed by atoms with Crippen molar-refractivity contribution in [2.75, 3.05) is 24.2 Å². The Morgan fingerprint density at radius 3 is 2.35 bits per heavy atom. The largest absolute Gasteiger partial charge is 0.497 e. The summed E-state index contributed by atoms with van der Waals surface area (Å²) in [6, 6.07) is 12.3. The summed E-state index contributed by atoms with van der Waals surface area (Å²) in [6.45, 7) is 11.5. The van der Waals surface area contributed by atoms with Crippen LogP contribution in [0.2, 0.25) is 0 Å². The average molecular weight is 532 g/mol. The van der Waals surface area contributed by atoms with E-state index in [2.05, 4.69) is 5.32 Å². The van der Waals surface area contributed by atoms with Gasteiger partial charge in [-0.05, 0) is 82.9 Å². The lowest BCUT2D eigenvalue weighted by atomic mass is 10.1. The third-order valence-electron chi connectivity index (χ3n) is 5.94. The molecule has 204 valence electrons. The minimum Gasteiger partial charge on any atom is -0.497 e. The van der Waals surface area contributed by atoms with Crippen molar-refractivity contribution >= 4 is 27.5 Å². The Kier molecular flexibility index (Phi) is 10.1. The van der Waals surface area contributed by atoms with Gasteiger partial charge in [-0.1, -0.05) is 24.3 Å². The molecule has 1 N–H and O–H groups in total. The minimum absolute atomic E-state index is 0.0913. The summed E-state index contributed by atoms with van der Waals surface area (Å²) >= 11 is 0. The lowest BCUT2D eigenvalue weighted by Crippen LogP contribution is -2.52. The predicted molar refractivity (Wildman–Crippen MR) is 148 cm³/mol. The van der Waals surface area contributed by atoms with Crippen LogP contribution < -0.4 is 14.4 Å². The highest BCUT2D eigenvalue weighted by Gasteiger charge is 2.29. The van der Waals surface area contributed by atoms with E-state index in [9.17, 15) is 18.0 Å². The van der Waals surface area contributed by atoms with E-state index in [0.29, 0.717) is 17.9 Å². The second-order valence-corrected chi connectivity index (χ2v) is 12.4. The number of sulfonamides is 1. The molecule has 0 aliphatic rings. The quantitative estimate of drug-likeness (QED) is 0.469. The molecular weight excluding hydrogens is 490 g/mol. The molecule has 2 aromatic carbocycles. The first-order valence-electron chi connectivity index (χ1n) is 12.4. The Bertz CT molecular complexity index is 1200. The fourth-order valence-electron chi connectivity index (χ4n) is 3.99. The van der Waals surface area contributed by atoms with Crippen molar-refractivity contribution in [2.45, 2.75) is 72.5 Å². The van der Waals surface area contributed by atoms with Gasteiger partial charge in [-0.25, -0.2) is 8.42 Å². The van der Waals surface area contributed by atoms with Crippen molar-refractivity contribution < 1.29 is 22.7 Å². The van der Waals surface area contributed by atoms with Gasteiger partial charge in [-0.2, -0.15) is 0 Å². The lowest BCUT2D eigenvalue weighted by Gasteiger charge is -2.32. The molecule has 2 aromatic rings. The summed E-state index contributed by atoms with van der Waals surface area (Å²) in [5.41, 5.74) is 2.79. The van der Waals surface area contributed by atoms with Gasteiger partial charge in [-0.15, -0.1) is 0 Å². The van der Waals surface area contributed by atoms with E-state index in [1.54, 1.807) is 18.9 Å². The zero-order chi connectivity index (χ0) is 28.0. The molecule has 2 rings (SSSR count). The van der Waals surface area contributed by atoms with Gasteiger partial charge in [0.1, 0.15) is 11.8 Å². The van der Waals surface area contributed by atoms with Crippen molar-refractivity contribution in [1.82, 2.24) is 10.2 Å². The first-order valence-corrected chi connectivity index (χ1v) is 14.3. The van der Waals surface area contributed by atoms with E-state index in [1.807, 2.05) is 77.1 Å². The highest BCUT2D eigenvalue weighted by Crippen LogP contribution is 2.25. The molecule has 9 heteroatoms. The predicted octanol–water partition coefficient (Wildman–Crippen LogP) is 4.19. The highest BCUT2D eigenvalue weighted by molar-refractivity contribution is 7.92. The smallest absolute Gasteiger partial charge is 0.242 e. The van der Waals surface area contributed by atoms with E-state index in [4.69, 9.17) is 4.74 Å². The Morgan fingerprint density at radius 1 is 1.08 bits per heavy atom. The van der Waals surface area contributed by atoms with Crippen LogP contribution in [0.1, 0.15) is 57.2 Å². The van der Waals surface area contributed by atoms with Crippen LogP contribution in [-0.2, 0) is 26.2 Å². The number of rotatable bonds is 11. The summed E-state index contributed by atoms with van der Waals surface area (Å²) in [6.07, 6.45) is 1.57. The van der Waals surface area contributed by atoms with Crippen LogP contribution in [0.25, 0.3) is 0 Å². The molecule has 0 aliphatic carbocycles. The van der Waals surface area contributed by atoms with Gasteiger partial charge in [0.05, 0.1) is 19.1 Å². The number of aryl methyl sites for hydroxylation is 2. The third kappa shape index (κ3) is 9.07. The van der Waals surface area contributed by atoms with Crippen molar-refractivity contribution in [3.63, 3.8) is 0 Å². The van der Waals surface area contributed by atoms with Crippen LogP contribution in [0, 0.1) is 13.8 Å². The van der Waals surface area contributed by atoms with E-state index in [-0.39, 0.29) is 31.3 Å². The number of methoxy groups -OCH3 is 1. The molecule has 0 aromatic heterocycles. The third-order valence-corrected chi connectivity index (χ3v) is 7.12. The van der Waals surface area contributed by atoms with E-state index >= 15 is 0 Å². The monoisotopic (exact) mass is 531 g/mol. The van der Waals surface area contributed by atoms with Crippen LogP contribution in [0.5, 0.6) is 5.75 Å². The Balaban J connectivity index is 2.24. The first-order chi connectivity index (χ1) is 17.1. The second kappa shape index (κ2) is 12.4. The molecule has 37 heavy (non-hydrogen) atoms. The van der Waals surface area contributed by atoms with E-state index in [1.165, 1.54) is 10.6 Å². The van der Waals surface area contributed by atoms with E-state index < -0.39 is 21.6 Å². The maximum Gasteiger partial charge on any atom is 0.242 e. The van der Waals surface area contributed by atoms with Gasteiger partial charge in [0, 0.05) is 25.0 Å². The molecule has 1 unspecified atom stereocenters. The first kappa shape index (κ1) is 30.2. The Hall–Kier alpha value is -3.07. The maximum absolute atomic E-state index is 13.4. The van der Waals surface area contributed by atoms with Gasteiger partial charge in [0.2, 0.25) is 21.8 Å². The fourth-order valence-corrected chi connectivity index (χ4v) is 5.01. The molecule has 0 fully saturated rings. The Morgan fingerprint density at radius 2 is 1.76 bits per heavy atom. The van der Waals surface area contributed by atoms with Gasteiger partial charge in [0.15, 0.2) is 0 Å². The van der Waals surface area contributed by atoms with Gasteiger partial charge in [-0.3, -0.25) is 13.9 Å². The molecule has 2 amide bonds. The van der Waals surface area contributed by atoms with Gasteiger partial charge < -0.3 is 15.0 Å². The normalized spacial score (nSPS) is 12.5. The number of nitrogens with one attached hydrogen (secondary N) is 1. The number of hydrogen-bond acceptors (Lipinski definition) is 5. The highest BCUT2D eigenvalue weighted by atomic mass is 32.2. The number of nitrogens with zero attached hydrogens (tertiary/aromatic N) is 2. The number of amides is 2.